The molecule has 26 heavy (non-hydrogen) atoms. The van der Waals surface area contributed by atoms with Gasteiger partial charge in [0.2, 0.25) is 5.91 Å². The van der Waals surface area contributed by atoms with Crippen molar-refractivity contribution in [3.8, 4) is 0 Å². The Balaban J connectivity index is 1.50. The molecule has 3 aliphatic rings. The molecule has 4 rings (SSSR count). The van der Waals surface area contributed by atoms with Crippen LogP contribution in [0.5, 0.6) is 0 Å². The summed E-state index contributed by atoms with van der Waals surface area (Å²) < 4.78 is 0.953. The maximum Gasteiger partial charge on any atom is 0.268 e. The molecule has 2 amide bonds. The number of anilines is 1. The van der Waals surface area contributed by atoms with Crippen molar-refractivity contribution < 1.29 is 9.59 Å². The lowest BCUT2D eigenvalue weighted by atomic mass is 9.85. The molecular formula is C18H22BrN5O2. The molecule has 2 N–H and O–H groups in total. The van der Waals surface area contributed by atoms with Gasteiger partial charge in [-0.1, -0.05) is 28.8 Å². The predicted octanol–water partition coefficient (Wildman–Crippen LogP) is 2.11. The molecule has 7 nitrogen and oxygen atoms in total. The molecule has 8 heteroatoms. The first-order chi connectivity index (χ1) is 12.5. The number of hydrazone groups is 1. The predicted molar refractivity (Wildman–Crippen MR) is 102 cm³/mol. The topological polar surface area (TPSA) is 77.0 Å². The summed E-state index contributed by atoms with van der Waals surface area (Å²) in [6.07, 6.45) is 3.70. The van der Waals surface area contributed by atoms with Crippen LogP contribution >= 0.6 is 15.9 Å². The van der Waals surface area contributed by atoms with Crippen molar-refractivity contribution in [3.05, 3.63) is 28.7 Å². The molecule has 138 valence electrons. The Morgan fingerprint density at radius 3 is 2.69 bits per heavy atom. The normalized spacial score (nSPS) is 27.4. The molecule has 3 atom stereocenters. The number of rotatable bonds is 3. The highest BCUT2D eigenvalue weighted by Gasteiger charge is 2.50. The van der Waals surface area contributed by atoms with Crippen LogP contribution < -0.4 is 10.7 Å². The molecule has 1 saturated carbocycles. The van der Waals surface area contributed by atoms with E-state index >= 15 is 0 Å². The molecule has 0 aromatic heterocycles. The fourth-order valence-corrected chi connectivity index (χ4v) is 4.52. The highest BCUT2D eigenvalue weighted by atomic mass is 79.9. The van der Waals surface area contributed by atoms with E-state index in [-0.39, 0.29) is 30.4 Å². The second-order valence-corrected chi connectivity index (χ2v) is 7.95. The Labute approximate surface area is 160 Å². The zero-order valence-corrected chi connectivity index (χ0v) is 16.2. The number of hydrogen-bond donors (Lipinski definition) is 2. The first kappa shape index (κ1) is 17.3. The molecular weight excluding hydrogens is 398 g/mol. The van der Waals surface area contributed by atoms with Crippen molar-refractivity contribution in [1.29, 1.82) is 0 Å². The van der Waals surface area contributed by atoms with Gasteiger partial charge in [0.1, 0.15) is 12.4 Å². The molecule has 1 aromatic carbocycles. The van der Waals surface area contributed by atoms with Crippen LogP contribution in [0.1, 0.15) is 32.6 Å². The number of fused-ring (bicyclic) bond motifs is 3. The van der Waals surface area contributed by atoms with Crippen LogP contribution in [0, 0.1) is 0 Å². The van der Waals surface area contributed by atoms with Crippen molar-refractivity contribution >= 4 is 39.3 Å². The fraction of sp³-hybridized carbons (Fsp3) is 0.500. The summed E-state index contributed by atoms with van der Waals surface area (Å²) in [6.45, 7) is 2.00. The van der Waals surface area contributed by atoms with Crippen LogP contribution in [0.4, 0.5) is 5.69 Å². The number of amidine groups is 1. The van der Waals surface area contributed by atoms with Crippen LogP contribution in [-0.2, 0) is 9.59 Å². The summed E-state index contributed by atoms with van der Waals surface area (Å²) in [5.74, 6) is 0.619. The van der Waals surface area contributed by atoms with Crippen molar-refractivity contribution in [3.63, 3.8) is 0 Å². The van der Waals surface area contributed by atoms with E-state index in [4.69, 9.17) is 0 Å². The summed E-state index contributed by atoms with van der Waals surface area (Å²) >= 11 is 3.38. The van der Waals surface area contributed by atoms with E-state index in [2.05, 4.69) is 36.7 Å². The zero-order chi connectivity index (χ0) is 18.3. The number of halogens is 1. The quantitative estimate of drug-likeness (QED) is 0.786. The molecule has 0 bridgehead atoms. The number of nitrogens with zero attached hydrogens (tertiary/aromatic N) is 3. The summed E-state index contributed by atoms with van der Waals surface area (Å²) in [6, 6.07) is 7.71. The first-order valence-corrected chi connectivity index (χ1v) is 9.78. The van der Waals surface area contributed by atoms with Crippen molar-refractivity contribution in [2.75, 3.05) is 11.9 Å². The van der Waals surface area contributed by atoms with Gasteiger partial charge >= 0.3 is 0 Å². The first-order valence-electron chi connectivity index (χ1n) is 8.98. The molecule has 1 saturated heterocycles. The van der Waals surface area contributed by atoms with Crippen LogP contribution in [-0.4, -0.2) is 52.2 Å². The molecule has 1 aromatic rings. The third-order valence-corrected chi connectivity index (χ3v) is 5.94. The fourth-order valence-electron chi connectivity index (χ4n) is 4.25. The van der Waals surface area contributed by atoms with E-state index in [1.807, 2.05) is 31.2 Å². The molecule has 0 spiro atoms. The molecule has 3 unspecified atom stereocenters. The SMILES string of the molecule is CC1=NNC2C(=O)N(CC(=O)Nc3ccc(Br)cc3)C3CCCCC3N12. The molecule has 2 heterocycles. The highest BCUT2D eigenvalue weighted by Crippen LogP contribution is 2.34. The Morgan fingerprint density at radius 2 is 1.96 bits per heavy atom. The number of hydrogen-bond acceptors (Lipinski definition) is 5. The minimum absolute atomic E-state index is 0.0632. The van der Waals surface area contributed by atoms with Crippen molar-refractivity contribution in [2.24, 2.45) is 5.10 Å². The Kier molecular flexibility index (Phi) is 4.60. The van der Waals surface area contributed by atoms with Crippen LogP contribution in [0.25, 0.3) is 0 Å². The van der Waals surface area contributed by atoms with Crippen LogP contribution in [0.2, 0.25) is 0 Å². The number of carbonyl (C=O) groups is 2. The average Bonchev–Trinajstić information content (AvgIpc) is 3.03. The number of benzene rings is 1. The summed E-state index contributed by atoms with van der Waals surface area (Å²) in [4.78, 5) is 29.4. The van der Waals surface area contributed by atoms with Gasteiger partial charge in [-0.05, 0) is 44.0 Å². The lowest BCUT2D eigenvalue weighted by Crippen LogP contribution is -2.69. The highest BCUT2D eigenvalue weighted by molar-refractivity contribution is 9.10. The Hall–Kier alpha value is -2.09. The Bertz CT molecular complexity index is 750. The summed E-state index contributed by atoms with van der Waals surface area (Å²) in [5, 5.41) is 7.14. The van der Waals surface area contributed by atoms with Gasteiger partial charge in [-0.2, -0.15) is 5.10 Å². The van der Waals surface area contributed by atoms with Crippen molar-refractivity contribution in [1.82, 2.24) is 15.2 Å². The van der Waals surface area contributed by atoms with Crippen molar-refractivity contribution in [2.45, 2.75) is 50.9 Å². The maximum atomic E-state index is 13.0. The third kappa shape index (κ3) is 3.06. The van der Waals surface area contributed by atoms with Gasteiger partial charge < -0.3 is 15.1 Å². The van der Waals surface area contributed by atoms with E-state index < -0.39 is 6.17 Å². The summed E-state index contributed by atoms with van der Waals surface area (Å²) in [7, 11) is 0. The minimum Gasteiger partial charge on any atom is -0.325 e. The van der Waals surface area contributed by atoms with E-state index in [0.717, 1.165) is 41.7 Å². The van der Waals surface area contributed by atoms with E-state index in [1.165, 1.54) is 0 Å². The number of carbonyl (C=O) groups excluding carboxylic acids is 2. The number of amides is 2. The zero-order valence-electron chi connectivity index (χ0n) is 14.6. The van der Waals surface area contributed by atoms with E-state index in [1.54, 1.807) is 4.90 Å². The molecule has 0 radical (unpaired) electrons. The average molecular weight is 420 g/mol. The minimum atomic E-state index is -0.477. The second kappa shape index (κ2) is 6.90. The van der Waals surface area contributed by atoms with Gasteiger partial charge in [-0.25, -0.2) is 0 Å². The van der Waals surface area contributed by atoms with Crippen LogP contribution in [0.15, 0.2) is 33.8 Å². The summed E-state index contributed by atoms with van der Waals surface area (Å²) in [5.41, 5.74) is 3.66. The van der Waals surface area contributed by atoms with Gasteiger partial charge in [0.05, 0.1) is 12.1 Å². The van der Waals surface area contributed by atoms with Gasteiger partial charge in [0.15, 0.2) is 6.17 Å². The molecule has 1 aliphatic carbocycles. The monoisotopic (exact) mass is 419 g/mol. The van der Waals surface area contributed by atoms with Gasteiger partial charge in [-0.3, -0.25) is 15.0 Å². The molecule has 2 fully saturated rings. The lowest BCUT2D eigenvalue weighted by molar-refractivity contribution is -0.151. The van der Waals surface area contributed by atoms with E-state index in [9.17, 15) is 9.59 Å². The molecule has 2 aliphatic heterocycles. The van der Waals surface area contributed by atoms with E-state index in [0.29, 0.717) is 0 Å². The third-order valence-electron chi connectivity index (χ3n) is 5.41. The Morgan fingerprint density at radius 1 is 1.27 bits per heavy atom. The largest absolute Gasteiger partial charge is 0.325 e. The maximum absolute atomic E-state index is 13.0. The van der Waals surface area contributed by atoms with Gasteiger partial charge in [-0.15, -0.1) is 0 Å². The number of piperazine rings is 1. The van der Waals surface area contributed by atoms with Gasteiger partial charge in [0.25, 0.3) is 5.91 Å². The smallest absolute Gasteiger partial charge is 0.268 e. The van der Waals surface area contributed by atoms with Gasteiger partial charge in [0, 0.05) is 10.2 Å². The second-order valence-electron chi connectivity index (χ2n) is 7.04. The van der Waals surface area contributed by atoms with Crippen LogP contribution in [0.3, 0.4) is 0 Å². The standard InChI is InChI=1S/C18H22BrN5O2/c1-11-21-22-17-18(26)23(14-4-2-3-5-15(14)24(11)17)10-16(25)20-13-8-6-12(19)7-9-13/h6-9,14-15,17,22H,2-5,10H2,1H3,(H,20,25). The lowest BCUT2D eigenvalue weighted by Gasteiger charge is -2.50. The number of nitrogens with one attached hydrogen (secondary N) is 2.